The summed E-state index contributed by atoms with van der Waals surface area (Å²) in [7, 11) is 0. The van der Waals surface area contributed by atoms with Crippen molar-refractivity contribution < 1.29 is 9.53 Å². The van der Waals surface area contributed by atoms with E-state index >= 15 is 0 Å². The zero-order chi connectivity index (χ0) is 16.3. The normalized spacial score (nSPS) is 30.7. The minimum absolute atomic E-state index is 0.205. The van der Waals surface area contributed by atoms with Crippen molar-refractivity contribution in [1.82, 2.24) is 10.6 Å². The van der Waals surface area contributed by atoms with Gasteiger partial charge < -0.3 is 15.4 Å². The van der Waals surface area contributed by atoms with E-state index in [1.54, 1.807) is 0 Å². The van der Waals surface area contributed by atoms with Gasteiger partial charge in [0.2, 0.25) is 0 Å². The highest BCUT2D eigenvalue weighted by atomic mass is 16.6. The molecule has 2 N–H and O–H groups in total. The molecule has 0 spiro atoms. The van der Waals surface area contributed by atoms with Crippen LogP contribution in [0.5, 0.6) is 0 Å². The second-order valence-corrected chi connectivity index (χ2v) is 8.41. The van der Waals surface area contributed by atoms with E-state index in [0.717, 1.165) is 18.4 Å². The molecule has 1 amide bonds. The molecule has 0 aliphatic heterocycles. The lowest BCUT2D eigenvalue weighted by atomic mass is 9.78. The number of nitrogens with one attached hydrogen (secondary N) is 2. The van der Waals surface area contributed by atoms with Gasteiger partial charge in [-0.05, 0) is 64.2 Å². The van der Waals surface area contributed by atoms with E-state index in [9.17, 15) is 4.79 Å². The molecule has 4 heteroatoms. The van der Waals surface area contributed by atoms with Crippen molar-refractivity contribution in [2.75, 3.05) is 6.54 Å². The van der Waals surface area contributed by atoms with E-state index in [-0.39, 0.29) is 12.1 Å². The van der Waals surface area contributed by atoms with Crippen LogP contribution in [0.4, 0.5) is 4.79 Å². The average Bonchev–Trinajstić information content (AvgIpc) is 3.18. The van der Waals surface area contributed by atoms with Crippen molar-refractivity contribution in [3.63, 3.8) is 0 Å². The van der Waals surface area contributed by atoms with Crippen LogP contribution in [-0.2, 0) is 4.74 Å². The Morgan fingerprint density at radius 1 is 1.14 bits per heavy atom. The lowest BCUT2D eigenvalue weighted by molar-refractivity contribution is 0.0494. The minimum Gasteiger partial charge on any atom is -0.444 e. The molecule has 2 aliphatic rings. The SMILES string of the molecule is CC1CCCC(C)C1NCC(NC(=O)OC(C)(C)C)C1CC1. The maximum atomic E-state index is 12.0. The molecular formula is C18H34N2O2. The van der Waals surface area contributed by atoms with Crippen LogP contribution >= 0.6 is 0 Å². The molecule has 2 aliphatic carbocycles. The first-order valence-electron chi connectivity index (χ1n) is 8.99. The van der Waals surface area contributed by atoms with Crippen LogP contribution in [0.1, 0.15) is 66.7 Å². The molecule has 0 aromatic rings. The Balaban J connectivity index is 1.83. The summed E-state index contributed by atoms with van der Waals surface area (Å²) in [6.07, 6.45) is 6.14. The zero-order valence-electron chi connectivity index (χ0n) is 14.9. The molecule has 4 nitrogen and oxygen atoms in total. The fourth-order valence-corrected chi connectivity index (χ4v) is 3.64. The lowest BCUT2D eigenvalue weighted by Crippen LogP contribution is -2.51. The fraction of sp³-hybridized carbons (Fsp3) is 0.944. The maximum absolute atomic E-state index is 12.0. The number of hydrogen-bond acceptors (Lipinski definition) is 3. The van der Waals surface area contributed by atoms with Crippen LogP contribution in [0.25, 0.3) is 0 Å². The molecule has 22 heavy (non-hydrogen) atoms. The Bertz CT molecular complexity index is 364. The molecule has 0 aromatic heterocycles. The van der Waals surface area contributed by atoms with Crippen molar-refractivity contribution in [2.45, 2.75) is 84.4 Å². The Hall–Kier alpha value is -0.770. The summed E-state index contributed by atoms with van der Waals surface area (Å²) < 4.78 is 5.40. The van der Waals surface area contributed by atoms with Crippen molar-refractivity contribution in [2.24, 2.45) is 17.8 Å². The number of rotatable bonds is 5. The average molecular weight is 310 g/mol. The predicted molar refractivity (Wildman–Crippen MR) is 89.9 cm³/mol. The fourth-order valence-electron chi connectivity index (χ4n) is 3.64. The van der Waals surface area contributed by atoms with Crippen molar-refractivity contribution in [1.29, 1.82) is 0 Å². The van der Waals surface area contributed by atoms with Crippen LogP contribution in [0.15, 0.2) is 0 Å². The smallest absolute Gasteiger partial charge is 0.407 e. The first-order valence-corrected chi connectivity index (χ1v) is 8.99. The first-order chi connectivity index (χ1) is 10.3. The van der Waals surface area contributed by atoms with Gasteiger partial charge >= 0.3 is 6.09 Å². The lowest BCUT2D eigenvalue weighted by Gasteiger charge is -2.36. The first kappa shape index (κ1) is 17.6. The molecule has 0 heterocycles. The van der Waals surface area contributed by atoms with E-state index in [0.29, 0.717) is 12.0 Å². The van der Waals surface area contributed by atoms with E-state index < -0.39 is 5.60 Å². The monoisotopic (exact) mass is 310 g/mol. The highest BCUT2D eigenvalue weighted by Crippen LogP contribution is 2.33. The van der Waals surface area contributed by atoms with Gasteiger partial charge in [0.05, 0.1) is 0 Å². The van der Waals surface area contributed by atoms with Gasteiger partial charge in [-0.1, -0.05) is 20.3 Å². The zero-order valence-corrected chi connectivity index (χ0v) is 14.9. The summed E-state index contributed by atoms with van der Waals surface area (Å²) in [6.45, 7) is 11.3. The molecule has 2 fully saturated rings. The van der Waals surface area contributed by atoms with Crippen molar-refractivity contribution in [3.05, 3.63) is 0 Å². The highest BCUT2D eigenvalue weighted by molar-refractivity contribution is 5.68. The molecule has 3 atom stereocenters. The van der Waals surface area contributed by atoms with Crippen molar-refractivity contribution >= 4 is 6.09 Å². The summed E-state index contributed by atoms with van der Waals surface area (Å²) in [4.78, 5) is 12.0. The third-order valence-electron chi connectivity index (χ3n) is 5.01. The summed E-state index contributed by atoms with van der Waals surface area (Å²) in [5.41, 5.74) is -0.433. The van der Waals surface area contributed by atoms with E-state index in [2.05, 4.69) is 24.5 Å². The van der Waals surface area contributed by atoms with Crippen LogP contribution in [0.3, 0.4) is 0 Å². The summed E-state index contributed by atoms with van der Waals surface area (Å²) in [5.74, 6) is 2.07. The van der Waals surface area contributed by atoms with Crippen LogP contribution in [0, 0.1) is 17.8 Å². The number of amides is 1. The number of ether oxygens (including phenoxy) is 1. The Kier molecular flexibility index (Phi) is 5.76. The topological polar surface area (TPSA) is 50.4 Å². The Morgan fingerprint density at radius 2 is 1.73 bits per heavy atom. The summed E-state index contributed by atoms with van der Waals surface area (Å²) in [6, 6.07) is 0.784. The van der Waals surface area contributed by atoms with E-state index in [4.69, 9.17) is 4.74 Å². The number of carbonyl (C=O) groups excluding carboxylic acids is 1. The molecule has 128 valence electrons. The second kappa shape index (κ2) is 7.20. The van der Waals surface area contributed by atoms with Gasteiger partial charge in [-0.15, -0.1) is 0 Å². The standard InChI is InChI=1S/C18H34N2O2/c1-12-7-6-8-13(2)16(12)19-11-15(14-9-10-14)20-17(21)22-18(3,4)5/h12-16,19H,6-11H2,1-5H3,(H,20,21). The summed E-state index contributed by atoms with van der Waals surface area (Å²) in [5, 5.41) is 6.82. The van der Waals surface area contributed by atoms with Crippen LogP contribution in [0.2, 0.25) is 0 Å². The van der Waals surface area contributed by atoms with E-state index in [1.807, 2.05) is 20.8 Å². The highest BCUT2D eigenvalue weighted by Gasteiger charge is 2.35. The third-order valence-corrected chi connectivity index (χ3v) is 5.01. The predicted octanol–water partition coefficient (Wildman–Crippen LogP) is 3.70. The minimum atomic E-state index is -0.433. The van der Waals surface area contributed by atoms with Crippen molar-refractivity contribution in [3.8, 4) is 0 Å². The van der Waals surface area contributed by atoms with Crippen LogP contribution < -0.4 is 10.6 Å². The van der Waals surface area contributed by atoms with Gasteiger partial charge in [0.25, 0.3) is 0 Å². The second-order valence-electron chi connectivity index (χ2n) is 8.41. The molecular weight excluding hydrogens is 276 g/mol. The van der Waals surface area contributed by atoms with Gasteiger partial charge in [0, 0.05) is 18.6 Å². The summed E-state index contributed by atoms with van der Waals surface area (Å²) >= 11 is 0. The molecule has 2 saturated carbocycles. The molecule has 0 saturated heterocycles. The maximum Gasteiger partial charge on any atom is 0.407 e. The van der Waals surface area contributed by atoms with Gasteiger partial charge in [-0.2, -0.15) is 0 Å². The van der Waals surface area contributed by atoms with Crippen LogP contribution in [-0.4, -0.2) is 30.3 Å². The molecule has 0 radical (unpaired) electrons. The largest absolute Gasteiger partial charge is 0.444 e. The molecule has 3 unspecified atom stereocenters. The number of alkyl carbamates (subject to hydrolysis) is 1. The third kappa shape index (κ3) is 5.45. The Morgan fingerprint density at radius 3 is 2.23 bits per heavy atom. The van der Waals surface area contributed by atoms with Gasteiger partial charge in [-0.3, -0.25) is 0 Å². The van der Waals surface area contributed by atoms with Gasteiger partial charge in [-0.25, -0.2) is 4.79 Å². The molecule has 2 rings (SSSR count). The number of carbonyl (C=O) groups is 1. The molecule has 0 aromatic carbocycles. The van der Waals surface area contributed by atoms with Gasteiger partial charge in [0.15, 0.2) is 0 Å². The Labute approximate surface area is 135 Å². The number of hydrogen-bond donors (Lipinski definition) is 2. The molecule has 0 bridgehead atoms. The van der Waals surface area contributed by atoms with E-state index in [1.165, 1.54) is 32.1 Å². The quantitative estimate of drug-likeness (QED) is 0.814. The van der Waals surface area contributed by atoms with Gasteiger partial charge in [0.1, 0.15) is 5.60 Å².